The Labute approximate surface area is 158 Å². The van der Waals surface area contributed by atoms with E-state index in [2.05, 4.69) is 0 Å². The van der Waals surface area contributed by atoms with Crippen LogP contribution in [-0.4, -0.2) is 27.7 Å². The number of nitrogens with zero attached hydrogens (tertiary/aromatic N) is 1. The van der Waals surface area contributed by atoms with Gasteiger partial charge in [0.1, 0.15) is 18.5 Å². The van der Waals surface area contributed by atoms with Gasteiger partial charge in [-0.15, -0.1) is 0 Å². The van der Waals surface area contributed by atoms with Gasteiger partial charge in [-0.1, -0.05) is 42.5 Å². The molecule has 0 saturated carbocycles. The lowest BCUT2D eigenvalue weighted by molar-refractivity contribution is 0.262. The lowest BCUT2D eigenvalue weighted by Gasteiger charge is -2.24. The minimum Gasteiger partial charge on any atom is -0.491 e. The summed E-state index contributed by atoms with van der Waals surface area (Å²) >= 11 is 0. The number of para-hydroxylation sites is 2. The lowest BCUT2D eigenvalue weighted by atomic mass is 10.3. The first-order chi connectivity index (χ1) is 13.1. The van der Waals surface area contributed by atoms with E-state index in [1.54, 1.807) is 48.5 Å². The highest BCUT2D eigenvalue weighted by molar-refractivity contribution is 7.93. The Morgan fingerprint density at radius 3 is 2.04 bits per heavy atom. The first-order valence-corrected chi connectivity index (χ1v) is 10.1. The minimum atomic E-state index is -3.83. The van der Waals surface area contributed by atoms with Gasteiger partial charge in [-0.05, 0) is 36.4 Å². The summed E-state index contributed by atoms with van der Waals surface area (Å²) in [6.07, 6.45) is 0.107. The second-order valence-electron chi connectivity index (χ2n) is 6.18. The van der Waals surface area contributed by atoms with Gasteiger partial charge in [0.25, 0.3) is 10.0 Å². The average molecular weight is 381 g/mol. The van der Waals surface area contributed by atoms with Crippen LogP contribution >= 0.6 is 0 Å². The first-order valence-electron chi connectivity index (χ1n) is 8.64. The first kappa shape index (κ1) is 17.6. The Morgan fingerprint density at radius 2 is 1.48 bits per heavy atom. The minimum absolute atomic E-state index is 0.107. The van der Waals surface area contributed by atoms with E-state index in [1.165, 1.54) is 4.31 Å². The van der Waals surface area contributed by atoms with E-state index in [4.69, 9.17) is 9.47 Å². The summed E-state index contributed by atoms with van der Waals surface area (Å²) in [6.45, 7) is 1.11. The number of hydrogen-bond acceptors (Lipinski definition) is 4. The Bertz CT molecular complexity index is 963. The predicted molar refractivity (Wildman–Crippen MR) is 104 cm³/mol. The summed E-state index contributed by atoms with van der Waals surface area (Å²) in [5.41, 5.74) is 1.14. The normalized spacial score (nSPS) is 15.9. The van der Waals surface area contributed by atoms with E-state index in [0.717, 1.165) is 0 Å². The summed E-state index contributed by atoms with van der Waals surface area (Å²) in [6, 6.07) is 24.6. The fraction of sp³-hybridized carbons (Fsp3) is 0.143. The number of epoxide rings is 1. The molecule has 0 radical (unpaired) electrons. The zero-order valence-corrected chi connectivity index (χ0v) is 15.4. The van der Waals surface area contributed by atoms with Crippen molar-refractivity contribution >= 4 is 21.4 Å². The number of benzene rings is 3. The maximum Gasteiger partial charge on any atom is 0.268 e. The van der Waals surface area contributed by atoms with Crippen molar-refractivity contribution in [1.29, 1.82) is 0 Å². The van der Waals surface area contributed by atoms with Gasteiger partial charge in [-0.2, -0.15) is 0 Å². The fourth-order valence-corrected chi connectivity index (χ4v) is 4.26. The van der Waals surface area contributed by atoms with Crippen LogP contribution in [0.25, 0.3) is 0 Å². The van der Waals surface area contributed by atoms with Gasteiger partial charge in [0, 0.05) is 6.07 Å². The summed E-state index contributed by atoms with van der Waals surface area (Å²) in [7, 11) is -3.83. The van der Waals surface area contributed by atoms with Gasteiger partial charge >= 0.3 is 0 Å². The third-order valence-electron chi connectivity index (χ3n) is 4.16. The number of ether oxygens (including phenoxy) is 2. The third-order valence-corrected chi connectivity index (χ3v) is 5.92. The highest BCUT2D eigenvalue weighted by atomic mass is 32.2. The molecule has 0 bridgehead atoms. The second kappa shape index (κ2) is 7.42. The molecule has 1 heterocycles. The van der Waals surface area contributed by atoms with Crippen LogP contribution in [0.4, 0.5) is 11.4 Å². The van der Waals surface area contributed by atoms with Crippen LogP contribution in [0.3, 0.4) is 0 Å². The second-order valence-corrected chi connectivity index (χ2v) is 7.97. The fourth-order valence-electron chi connectivity index (χ4n) is 2.74. The maximum absolute atomic E-state index is 13.5. The maximum atomic E-state index is 13.5. The smallest absolute Gasteiger partial charge is 0.268 e. The van der Waals surface area contributed by atoms with Crippen molar-refractivity contribution < 1.29 is 17.9 Å². The Balaban J connectivity index is 1.73. The van der Waals surface area contributed by atoms with Crippen LogP contribution in [0.1, 0.15) is 0 Å². The molecule has 0 spiro atoms. The molecule has 0 aromatic heterocycles. The lowest BCUT2D eigenvalue weighted by Crippen LogP contribution is -2.26. The van der Waals surface area contributed by atoms with Crippen LogP contribution in [0, 0.1) is 0 Å². The largest absolute Gasteiger partial charge is 0.491 e. The van der Waals surface area contributed by atoms with Crippen LogP contribution in [0.15, 0.2) is 89.8 Å². The Kier molecular flexibility index (Phi) is 4.83. The van der Waals surface area contributed by atoms with Gasteiger partial charge in [0.2, 0.25) is 0 Å². The van der Waals surface area contributed by atoms with Gasteiger partial charge in [0.05, 0.1) is 22.9 Å². The highest BCUT2D eigenvalue weighted by Crippen LogP contribution is 2.33. The molecule has 3 aromatic rings. The van der Waals surface area contributed by atoms with Crippen molar-refractivity contribution in [2.75, 3.05) is 17.5 Å². The Hall–Kier alpha value is -2.83. The van der Waals surface area contributed by atoms with E-state index >= 15 is 0 Å². The predicted octanol–water partition coefficient (Wildman–Crippen LogP) is 3.99. The molecule has 4 rings (SSSR count). The molecule has 6 heteroatoms. The summed E-state index contributed by atoms with van der Waals surface area (Å²) < 4.78 is 39.1. The van der Waals surface area contributed by atoms with Gasteiger partial charge in [-0.25, -0.2) is 12.7 Å². The number of anilines is 2. The van der Waals surface area contributed by atoms with Crippen LogP contribution < -0.4 is 9.04 Å². The summed E-state index contributed by atoms with van der Waals surface area (Å²) in [4.78, 5) is 0.171. The molecule has 1 atom stereocenters. The van der Waals surface area contributed by atoms with Crippen LogP contribution in [0.2, 0.25) is 0 Å². The molecule has 0 N–H and O–H groups in total. The van der Waals surface area contributed by atoms with Crippen LogP contribution in [-0.2, 0) is 14.8 Å². The number of hydrogen-bond donors (Lipinski definition) is 0. The Morgan fingerprint density at radius 1 is 0.889 bits per heavy atom. The summed E-state index contributed by atoms with van der Waals surface area (Å²) in [5, 5.41) is 0. The zero-order chi connectivity index (χ0) is 18.7. The average Bonchev–Trinajstić information content (AvgIpc) is 3.53. The molecule has 0 amide bonds. The number of sulfonamides is 1. The van der Waals surface area contributed by atoms with Gasteiger partial charge < -0.3 is 9.47 Å². The monoisotopic (exact) mass is 381 g/mol. The van der Waals surface area contributed by atoms with Crippen molar-refractivity contribution in [3.8, 4) is 5.75 Å². The SMILES string of the molecule is O=S(=O)(c1cccc(OCC2CO2)c1)N(c1ccccc1)c1ccccc1. The standard InChI is InChI=1S/C21H19NO4S/c23-27(24,21-13-7-12-19(14-21)25-15-20-16-26-20)22(17-8-3-1-4-9-17)18-10-5-2-6-11-18/h1-14,20H,15-16H2. The van der Waals surface area contributed by atoms with Crippen molar-refractivity contribution in [2.45, 2.75) is 11.0 Å². The molecular weight excluding hydrogens is 362 g/mol. The summed E-state index contributed by atoms with van der Waals surface area (Å²) in [5.74, 6) is 0.507. The van der Waals surface area contributed by atoms with Crippen molar-refractivity contribution in [2.24, 2.45) is 0 Å². The molecule has 1 unspecified atom stereocenters. The van der Waals surface area contributed by atoms with Gasteiger partial charge in [0.15, 0.2) is 0 Å². The third kappa shape index (κ3) is 3.97. The van der Waals surface area contributed by atoms with E-state index in [-0.39, 0.29) is 11.0 Å². The molecule has 0 aliphatic carbocycles. The molecule has 138 valence electrons. The molecule has 1 aliphatic rings. The van der Waals surface area contributed by atoms with Crippen molar-refractivity contribution in [1.82, 2.24) is 0 Å². The van der Waals surface area contributed by atoms with Crippen molar-refractivity contribution in [3.05, 3.63) is 84.9 Å². The topological polar surface area (TPSA) is 59.1 Å². The molecule has 27 heavy (non-hydrogen) atoms. The van der Waals surface area contributed by atoms with E-state index in [0.29, 0.717) is 30.3 Å². The zero-order valence-electron chi connectivity index (χ0n) is 14.6. The number of rotatable bonds is 7. The van der Waals surface area contributed by atoms with E-state index < -0.39 is 10.0 Å². The molecule has 1 aliphatic heterocycles. The molecule has 1 fully saturated rings. The molecular formula is C21H19NO4S. The van der Waals surface area contributed by atoms with Crippen LogP contribution in [0.5, 0.6) is 5.75 Å². The van der Waals surface area contributed by atoms with E-state index in [9.17, 15) is 8.42 Å². The highest BCUT2D eigenvalue weighted by Gasteiger charge is 2.27. The quantitative estimate of drug-likeness (QED) is 0.581. The van der Waals surface area contributed by atoms with Crippen molar-refractivity contribution in [3.63, 3.8) is 0 Å². The van der Waals surface area contributed by atoms with E-state index in [1.807, 2.05) is 36.4 Å². The van der Waals surface area contributed by atoms with Gasteiger partial charge in [-0.3, -0.25) is 0 Å². The molecule has 3 aromatic carbocycles. The molecule has 1 saturated heterocycles. The molecule has 5 nitrogen and oxygen atoms in total.